The molecule has 2 fully saturated rings. The van der Waals surface area contributed by atoms with Crippen molar-refractivity contribution in [2.45, 2.75) is 70.7 Å². The molecule has 14 heteroatoms. The lowest BCUT2D eigenvalue weighted by atomic mass is 9.86. The van der Waals surface area contributed by atoms with Crippen molar-refractivity contribution < 1.29 is 33.7 Å². The van der Waals surface area contributed by atoms with E-state index in [0.717, 1.165) is 82.2 Å². The van der Waals surface area contributed by atoms with Crippen LogP contribution < -0.4 is 10.1 Å². The van der Waals surface area contributed by atoms with Gasteiger partial charge in [0.2, 0.25) is 5.91 Å². The molecule has 53 heavy (non-hydrogen) atoms. The predicted molar refractivity (Wildman–Crippen MR) is 194 cm³/mol. The van der Waals surface area contributed by atoms with Gasteiger partial charge < -0.3 is 39.5 Å². The standard InChI is InChI=1S/C39H45N7O7/c1-20(2)33(44-38(48)52-4)37(47)45-11-5-6-30(45)36-41-28-10-8-22-14-27-25-9-7-23(13-24(25)19-53-32(27)15-26(22)34(28)43-36)29-16-40-35(42-29)31-12-21(18-51-3)17-46(31)39(49)50/h7,9,13-16,20-21,30-31,33H,5-6,8,10-12,17-19H2,1-4H3,(H,40,42)(H,41,43)(H,44,48)(H,49,50)/t21-,30-,31-,33-/m0/s1. The third-order valence-corrected chi connectivity index (χ3v) is 11.2. The number of imidazole rings is 2. The van der Waals surface area contributed by atoms with Crippen LogP contribution in [0, 0.1) is 11.8 Å². The first kappa shape index (κ1) is 34.7. The van der Waals surface area contributed by atoms with Gasteiger partial charge in [-0.1, -0.05) is 26.0 Å². The lowest BCUT2D eigenvalue weighted by molar-refractivity contribution is -0.135. The lowest BCUT2D eigenvalue weighted by Gasteiger charge is -2.30. The Hall–Kier alpha value is -5.37. The van der Waals surface area contributed by atoms with Crippen LogP contribution in [0.25, 0.3) is 33.6 Å². The number of carbonyl (C=O) groups is 3. The van der Waals surface area contributed by atoms with Crippen molar-refractivity contribution in [1.29, 1.82) is 0 Å². The zero-order chi connectivity index (χ0) is 37.0. The second-order valence-corrected chi connectivity index (χ2v) is 14.9. The summed E-state index contributed by atoms with van der Waals surface area (Å²) < 4.78 is 16.5. The van der Waals surface area contributed by atoms with Crippen molar-refractivity contribution in [3.63, 3.8) is 0 Å². The SMILES string of the molecule is COC[C@H]1C[C@@H](c2ncc(-c3ccc4c(c3)COc3cc5c(cc3-4)CCc3[nH]c([C@@H]4CCCN4C(=O)[C@@H](NC(=O)OC)C(C)C)nc3-5)[nH]2)N(C(=O)O)C1. The van der Waals surface area contributed by atoms with Gasteiger partial charge >= 0.3 is 12.2 Å². The van der Waals surface area contributed by atoms with Crippen LogP contribution in [0.4, 0.5) is 9.59 Å². The molecule has 14 nitrogen and oxygen atoms in total. The number of benzene rings is 2. The maximum absolute atomic E-state index is 13.7. The second kappa shape index (κ2) is 13.9. The summed E-state index contributed by atoms with van der Waals surface area (Å²) >= 11 is 0. The third-order valence-electron chi connectivity index (χ3n) is 11.2. The van der Waals surface area contributed by atoms with Gasteiger partial charge in [-0.25, -0.2) is 19.6 Å². The number of alkyl carbamates (subject to hydrolysis) is 1. The highest BCUT2D eigenvalue weighted by atomic mass is 16.5. The fourth-order valence-corrected chi connectivity index (χ4v) is 8.53. The van der Waals surface area contributed by atoms with Gasteiger partial charge in [-0.3, -0.25) is 9.69 Å². The quantitative estimate of drug-likeness (QED) is 0.174. The molecular formula is C39H45N7O7. The van der Waals surface area contributed by atoms with Gasteiger partial charge in [0.25, 0.3) is 0 Å². The first-order chi connectivity index (χ1) is 25.6. The molecule has 278 valence electrons. The molecular weight excluding hydrogens is 678 g/mol. The molecule has 1 aliphatic carbocycles. The van der Waals surface area contributed by atoms with E-state index in [9.17, 15) is 19.5 Å². The van der Waals surface area contributed by atoms with E-state index in [-0.39, 0.29) is 29.8 Å². The summed E-state index contributed by atoms with van der Waals surface area (Å²) in [6.45, 7) is 5.75. The molecule has 8 rings (SSSR count). The Morgan fingerprint density at radius 1 is 1.02 bits per heavy atom. The van der Waals surface area contributed by atoms with Crippen molar-refractivity contribution in [1.82, 2.24) is 35.1 Å². The van der Waals surface area contributed by atoms with Crippen molar-refractivity contribution >= 4 is 18.1 Å². The largest absolute Gasteiger partial charge is 0.488 e. The molecule has 4 N–H and O–H groups in total. The highest BCUT2D eigenvalue weighted by Gasteiger charge is 2.40. The number of nitrogens with zero attached hydrogens (tertiary/aromatic N) is 4. The summed E-state index contributed by atoms with van der Waals surface area (Å²) in [5, 5.41) is 12.5. The fourth-order valence-electron chi connectivity index (χ4n) is 8.53. The van der Waals surface area contributed by atoms with E-state index >= 15 is 0 Å². The van der Waals surface area contributed by atoms with Crippen LogP contribution >= 0.6 is 0 Å². The highest BCUT2D eigenvalue weighted by Crippen LogP contribution is 2.45. The van der Waals surface area contributed by atoms with Crippen LogP contribution in [-0.4, -0.2) is 92.9 Å². The molecule has 0 unspecified atom stereocenters. The Bertz CT molecular complexity index is 2070. The van der Waals surface area contributed by atoms with Crippen LogP contribution in [0.3, 0.4) is 0 Å². The zero-order valence-electron chi connectivity index (χ0n) is 30.4. The third kappa shape index (κ3) is 6.28. The van der Waals surface area contributed by atoms with Crippen molar-refractivity contribution in [3.8, 4) is 39.4 Å². The summed E-state index contributed by atoms with van der Waals surface area (Å²) in [7, 11) is 2.93. The predicted octanol–water partition coefficient (Wildman–Crippen LogP) is 5.86. The first-order valence-corrected chi connectivity index (χ1v) is 18.3. The van der Waals surface area contributed by atoms with E-state index < -0.39 is 18.2 Å². The van der Waals surface area contributed by atoms with Gasteiger partial charge in [0.05, 0.1) is 43.4 Å². The number of carboxylic acid groups (broad SMARTS) is 1. The molecule has 2 saturated heterocycles. The second-order valence-electron chi connectivity index (χ2n) is 14.9. The number of nitrogens with one attached hydrogen (secondary N) is 3. The number of methoxy groups -OCH3 is 2. The number of hydrogen-bond acceptors (Lipinski definition) is 8. The minimum absolute atomic E-state index is 0.107. The summed E-state index contributed by atoms with van der Waals surface area (Å²) in [6, 6.07) is 9.39. The molecule has 4 aromatic rings. The number of hydrogen-bond donors (Lipinski definition) is 4. The van der Waals surface area contributed by atoms with E-state index in [1.165, 1.54) is 17.6 Å². The van der Waals surface area contributed by atoms with Crippen LogP contribution in [0.5, 0.6) is 5.75 Å². The number of fused-ring (bicyclic) bond motifs is 6. The van der Waals surface area contributed by atoms with Crippen LogP contribution in [-0.2, 0) is 33.7 Å². The van der Waals surface area contributed by atoms with E-state index in [1.54, 1.807) is 13.3 Å². The summed E-state index contributed by atoms with van der Waals surface area (Å²) in [4.78, 5) is 57.7. The molecule has 3 aliphatic heterocycles. The molecule has 5 heterocycles. The molecule has 3 amide bonds. The van der Waals surface area contributed by atoms with Gasteiger partial charge in [0.15, 0.2) is 0 Å². The zero-order valence-corrected chi connectivity index (χ0v) is 30.4. The number of aromatic amines is 2. The topological polar surface area (TPSA) is 175 Å². The average molecular weight is 724 g/mol. The molecule has 4 aliphatic rings. The number of ether oxygens (including phenoxy) is 3. The Morgan fingerprint density at radius 2 is 1.87 bits per heavy atom. The van der Waals surface area contributed by atoms with Crippen molar-refractivity contribution in [2.75, 3.05) is 33.9 Å². The minimum Gasteiger partial charge on any atom is -0.488 e. The fraction of sp³-hybridized carbons (Fsp3) is 0.462. The number of aryl methyl sites for hydroxylation is 2. The number of H-pyrrole nitrogens is 2. The average Bonchev–Trinajstić information content (AvgIpc) is 3.98. The molecule has 0 spiro atoms. The smallest absolute Gasteiger partial charge is 0.407 e. The Kier molecular flexibility index (Phi) is 9.09. The van der Waals surface area contributed by atoms with Gasteiger partial charge in [-0.05, 0) is 78.5 Å². The lowest BCUT2D eigenvalue weighted by Crippen LogP contribution is -2.51. The first-order valence-electron chi connectivity index (χ1n) is 18.3. The maximum atomic E-state index is 13.7. The summed E-state index contributed by atoms with van der Waals surface area (Å²) in [5.41, 5.74) is 9.17. The number of rotatable bonds is 8. The van der Waals surface area contributed by atoms with E-state index in [1.807, 2.05) is 18.7 Å². The Labute approximate surface area is 307 Å². The van der Waals surface area contributed by atoms with Crippen LogP contribution in [0.2, 0.25) is 0 Å². The number of carbonyl (C=O) groups excluding carboxylic acids is 2. The molecule has 0 saturated carbocycles. The van der Waals surface area contributed by atoms with E-state index in [2.05, 4.69) is 50.6 Å². The van der Waals surface area contributed by atoms with Gasteiger partial charge in [-0.15, -0.1) is 0 Å². The van der Waals surface area contributed by atoms with Crippen molar-refractivity contribution in [3.05, 3.63) is 65.0 Å². The van der Waals surface area contributed by atoms with Gasteiger partial charge in [0, 0.05) is 42.9 Å². The van der Waals surface area contributed by atoms with Gasteiger partial charge in [-0.2, -0.15) is 0 Å². The summed E-state index contributed by atoms with van der Waals surface area (Å²) in [5.74, 6) is 2.09. The summed E-state index contributed by atoms with van der Waals surface area (Å²) in [6.07, 6.45) is 4.13. The number of likely N-dealkylation sites (tertiary alicyclic amines) is 2. The van der Waals surface area contributed by atoms with E-state index in [4.69, 9.17) is 19.2 Å². The molecule has 2 aromatic carbocycles. The number of aromatic nitrogens is 4. The maximum Gasteiger partial charge on any atom is 0.407 e. The normalized spacial score (nSPS) is 20.7. The monoisotopic (exact) mass is 723 g/mol. The molecule has 0 radical (unpaired) electrons. The Balaban J connectivity index is 1.03. The Morgan fingerprint density at radius 3 is 2.64 bits per heavy atom. The molecule has 2 aromatic heterocycles. The van der Waals surface area contributed by atoms with Crippen LogP contribution in [0.15, 0.2) is 36.5 Å². The molecule has 4 atom stereocenters. The molecule has 0 bridgehead atoms. The van der Waals surface area contributed by atoms with E-state index in [0.29, 0.717) is 38.5 Å². The van der Waals surface area contributed by atoms with Crippen molar-refractivity contribution in [2.24, 2.45) is 11.8 Å². The number of amides is 3. The van der Waals surface area contributed by atoms with Crippen LogP contribution in [0.1, 0.15) is 73.7 Å². The van der Waals surface area contributed by atoms with Gasteiger partial charge in [0.1, 0.15) is 30.0 Å². The minimum atomic E-state index is -0.958. The highest BCUT2D eigenvalue weighted by molar-refractivity contribution is 5.87.